The molecule has 0 bridgehead atoms. The van der Waals surface area contributed by atoms with Crippen molar-refractivity contribution in [2.24, 2.45) is 0 Å². The van der Waals surface area contributed by atoms with Crippen LogP contribution in [0.3, 0.4) is 0 Å². The minimum atomic E-state index is -4.56. The van der Waals surface area contributed by atoms with Gasteiger partial charge in [-0.1, -0.05) is 18.5 Å². The highest BCUT2D eigenvalue weighted by molar-refractivity contribution is 6.33. The lowest BCUT2D eigenvalue weighted by Crippen LogP contribution is -2.51. The number of carbonyl (C=O) groups excluding carboxylic acids is 1. The molecule has 11 nitrogen and oxygen atoms in total. The van der Waals surface area contributed by atoms with Gasteiger partial charge in [-0.25, -0.2) is 0 Å². The number of alkyl halides is 3. The van der Waals surface area contributed by atoms with E-state index in [0.29, 0.717) is 69.7 Å². The summed E-state index contributed by atoms with van der Waals surface area (Å²) in [6.45, 7) is 7.64. The van der Waals surface area contributed by atoms with Crippen molar-refractivity contribution in [1.82, 2.24) is 24.5 Å². The van der Waals surface area contributed by atoms with Crippen LogP contribution in [0.15, 0.2) is 23.0 Å². The number of benzene rings is 1. The number of nitrogens with zero attached hydrogens (tertiary/aromatic N) is 6. The van der Waals surface area contributed by atoms with Crippen LogP contribution in [-0.2, 0) is 28.7 Å². The zero-order valence-electron chi connectivity index (χ0n) is 22.1. The number of ether oxygens (including phenoxy) is 1. The van der Waals surface area contributed by atoms with E-state index in [9.17, 15) is 22.8 Å². The molecule has 2 aliphatic heterocycles. The van der Waals surface area contributed by atoms with E-state index in [-0.39, 0.29) is 34.6 Å². The fraction of sp³-hybridized carbons (Fsp3) is 0.520. The molecule has 0 spiro atoms. The van der Waals surface area contributed by atoms with E-state index < -0.39 is 17.6 Å². The van der Waals surface area contributed by atoms with Gasteiger partial charge in [-0.05, 0) is 31.5 Å². The minimum absolute atomic E-state index is 0.0430. The first-order valence-electron chi connectivity index (χ1n) is 13.1. The average Bonchev–Trinajstić information content (AvgIpc) is 3.37. The minimum Gasteiger partial charge on any atom is -0.378 e. The van der Waals surface area contributed by atoms with Crippen LogP contribution in [0.5, 0.6) is 0 Å². The quantitative estimate of drug-likeness (QED) is 0.456. The lowest BCUT2D eigenvalue weighted by molar-refractivity contribution is -0.137. The second-order valence-electron chi connectivity index (χ2n) is 9.80. The first-order chi connectivity index (χ1) is 19.1. The van der Waals surface area contributed by atoms with E-state index in [1.54, 1.807) is 4.57 Å². The van der Waals surface area contributed by atoms with Crippen molar-refractivity contribution in [2.45, 2.75) is 39.0 Å². The summed E-state index contributed by atoms with van der Waals surface area (Å²) in [5.74, 6) is 0.00891. The molecule has 1 atom stereocenters. The topological polar surface area (TPSA) is 109 Å². The molecule has 2 saturated heterocycles. The van der Waals surface area contributed by atoms with Crippen LogP contribution in [0.2, 0.25) is 5.02 Å². The van der Waals surface area contributed by atoms with Gasteiger partial charge in [0.1, 0.15) is 12.2 Å². The van der Waals surface area contributed by atoms with Crippen molar-refractivity contribution in [1.29, 1.82) is 0 Å². The van der Waals surface area contributed by atoms with Crippen LogP contribution < -0.4 is 26.0 Å². The van der Waals surface area contributed by atoms with Crippen LogP contribution in [0.4, 0.5) is 30.5 Å². The van der Waals surface area contributed by atoms with Crippen molar-refractivity contribution in [3.63, 3.8) is 0 Å². The van der Waals surface area contributed by atoms with Gasteiger partial charge in [-0.3, -0.25) is 9.59 Å². The number of amides is 1. The summed E-state index contributed by atoms with van der Waals surface area (Å²) < 4.78 is 47.5. The number of fused-ring (bicyclic) bond motifs is 1. The number of morpholine rings is 1. The average molecular weight is 583 g/mol. The fourth-order valence-electron chi connectivity index (χ4n) is 5.08. The first-order valence-corrected chi connectivity index (χ1v) is 13.4. The van der Waals surface area contributed by atoms with E-state index in [4.69, 9.17) is 16.3 Å². The maximum Gasteiger partial charge on any atom is 0.416 e. The summed E-state index contributed by atoms with van der Waals surface area (Å²) >= 11 is 6.07. The Morgan fingerprint density at radius 2 is 1.98 bits per heavy atom. The third kappa shape index (κ3) is 5.60. The highest BCUT2D eigenvalue weighted by atomic mass is 35.5. The monoisotopic (exact) mass is 582 g/mol. The Kier molecular flexibility index (Phi) is 7.93. The van der Waals surface area contributed by atoms with Gasteiger partial charge in [0.15, 0.2) is 0 Å². The predicted octanol–water partition coefficient (Wildman–Crippen LogP) is 2.40. The number of halogens is 4. The molecule has 2 aliphatic rings. The molecule has 216 valence electrons. The Morgan fingerprint density at radius 1 is 1.23 bits per heavy atom. The SMILES string of the molecule is CCc1c(N2CCN[C@H](C)C2)c(=O)n2nc(N3CCOCC3)nc2n1CC(=O)Nc1ccc(C(F)(F)F)cc1Cl. The van der Waals surface area contributed by atoms with Gasteiger partial charge in [0.05, 0.1) is 35.2 Å². The number of carbonyl (C=O) groups is 1. The maximum atomic E-state index is 13.8. The van der Waals surface area contributed by atoms with E-state index in [1.165, 1.54) is 4.52 Å². The van der Waals surface area contributed by atoms with Crippen molar-refractivity contribution >= 4 is 40.6 Å². The molecule has 0 unspecified atom stereocenters. The lowest BCUT2D eigenvalue weighted by Gasteiger charge is -2.34. The molecule has 0 radical (unpaired) electrons. The van der Waals surface area contributed by atoms with Crippen molar-refractivity contribution in [2.75, 3.05) is 61.1 Å². The van der Waals surface area contributed by atoms with Gasteiger partial charge >= 0.3 is 6.18 Å². The van der Waals surface area contributed by atoms with Crippen LogP contribution >= 0.6 is 11.6 Å². The van der Waals surface area contributed by atoms with Gasteiger partial charge in [0.2, 0.25) is 17.6 Å². The standard InChI is InChI=1S/C25H30ClF3N8O3/c1-3-19-21(35-7-6-30-15(2)13-35)22(39)37-24(32-23(33-37)34-8-10-40-11-9-34)36(19)14-20(38)31-18-5-4-16(12-17(18)26)25(27,28)29/h4-5,12,15,30H,3,6-11,13-14H2,1-2H3,(H,31,38)/t15-/m1/s1. The molecule has 2 N–H and O–H groups in total. The maximum absolute atomic E-state index is 13.8. The van der Waals surface area contributed by atoms with Crippen molar-refractivity contribution in [3.05, 3.63) is 44.8 Å². The summed E-state index contributed by atoms with van der Waals surface area (Å²) in [6.07, 6.45) is -4.14. The smallest absolute Gasteiger partial charge is 0.378 e. The molecule has 1 aromatic carbocycles. The molecule has 0 aliphatic carbocycles. The molecule has 3 aromatic rings. The van der Waals surface area contributed by atoms with Gasteiger partial charge in [-0.2, -0.15) is 22.7 Å². The zero-order valence-corrected chi connectivity index (χ0v) is 22.8. The Hall–Kier alpha value is -3.36. The largest absolute Gasteiger partial charge is 0.416 e. The number of piperazine rings is 1. The predicted molar refractivity (Wildman–Crippen MR) is 144 cm³/mol. The molecule has 1 amide bonds. The highest BCUT2D eigenvalue weighted by Crippen LogP contribution is 2.34. The summed E-state index contributed by atoms with van der Waals surface area (Å²) in [5.41, 5.74) is -0.139. The molecule has 2 aromatic heterocycles. The molecule has 40 heavy (non-hydrogen) atoms. The van der Waals surface area contributed by atoms with E-state index in [2.05, 4.69) is 20.7 Å². The number of aromatic nitrogens is 4. The normalized spacial score (nSPS) is 18.4. The first kappa shape index (κ1) is 28.2. The molecule has 0 saturated carbocycles. The lowest BCUT2D eigenvalue weighted by atomic mass is 10.1. The molecule has 4 heterocycles. The zero-order chi connectivity index (χ0) is 28.6. The van der Waals surface area contributed by atoms with Crippen LogP contribution in [0.1, 0.15) is 25.1 Å². The number of hydrogen-bond donors (Lipinski definition) is 2. The molecular weight excluding hydrogens is 553 g/mol. The molecule has 5 rings (SSSR count). The van der Waals surface area contributed by atoms with Crippen molar-refractivity contribution < 1.29 is 22.7 Å². The Labute approximate surface area is 232 Å². The summed E-state index contributed by atoms with van der Waals surface area (Å²) in [4.78, 5) is 35.7. The van der Waals surface area contributed by atoms with Crippen LogP contribution in [-0.4, -0.2) is 77.1 Å². The van der Waals surface area contributed by atoms with Gasteiger partial charge < -0.3 is 29.7 Å². The molecular formula is C25H30ClF3N8O3. The summed E-state index contributed by atoms with van der Waals surface area (Å²) in [6, 6.07) is 2.88. The van der Waals surface area contributed by atoms with Gasteiger partial charge in [0.25, 0.3) is 5.56 Å². The number of hydrogen-bond acceptors (Lipinski definition) is 8. The third-order valence-electron chi connectivity index (χ3n) is 7.00. The Bertz CT molecular complexity index is 1470. The van der Waals surface area contributed by atoms with Crippen LogP contribution in [0, 0.1) is 0 Å². The van der Waals surface area contributed by atoms with Crippen LogP contribution in [0.25, 0.3) is 5.78 Å². The van der Waals surface area contributed by atoms with Crippen molar-refractivity contribution in [3.8, 4) is 0 Å². The number of rotatable bonds is 6. The summed E-state index contributed by atoms with van der Waals surface area (Å²) in [5, 5.41) is 10.2. The fourth-order valence-corrected chi connectivity index (χ4v) is 5.31. The second-order valence-corrected chi connectivity index (χ2v) is 10.2. The Morgan fingerprint density at radius 3 is 2.62 bits per heavy atom. The van der Waals surface area contributed by atoms with Gasteiger partial charge in [0, 0.05) is 38.8 Å². The third-order valence-corrected chi connectivity index (χ3v) is 7.31. The van der Waals surface area contributed by atoms with E-state index in [1.807, 2.05) is 23.6 Å². The van der Waals surface area contributed by atoms with E-state index >= 15 is 0 Å². The van der Waals surface area contributed by atoms with E-state index in [0.717, 1.165) is 18.2 Å². The molecule has 15 heteroatoms. The number of nitrogens with one attached hydrogen (secondary N) is 2. The highest BCUT2D eigenvalue weighted by Gasteiger charge is 2.31. The summed E-state index contributed by atoms with van der Waals surface area (Å²) in [7, 11) is 0. The molecule has 2 fully saturated rings. The number of anilines is 3. The second kappa shape index (κ2) is 11.3. The van der Waals surface area contributed by atoms with Gasteiger partial charge in [-0.15, -0.1) is 5.10 Å². The Balaban J connectivity index is 1.56.